The molecule has 1 aliphatic carbocycles. The van der Waals surface area contributed by atoms with Gasteiger partial charge < -0.3 is 14.2 Å². The van der Waals surface area contributed by atoms with E-state index in [2.05, 4.69) is 75.7 Å². The Hall–Kier alpha value is -4.71. The summed E-state index contributed by atoms with van der Waals surface area (Å²) >= 11 is 0. The third kappa shape index (κ3) is 4.59. The average Bonchev–Trinajstić information content (AvgIpc) is 3.73. The van der Waals surface area contributed by atoms with E-state index in [1.54, 1.807) is 6.20 Å². The zero-order valence-corrected chi connectivity index (χ0v) is 22.0. The van der Waals surface area contributed by atoms with Crippen LogP contribution >= 0.6 is 0 Å². The van der Waals surface area contributed by atoms with Crippen LogP contribution in [0.25, 0.3) is 22.5 Å². The van der Waals surface area contributed by atoms with Crippen LogP contribution in [0.5, 0.6) is 0 Å². The molecule has 0 amide bonds. The van der Waals surface area contributed by atoms with E-state index in [-0.39, 0.29) is 5.97 Å². The molecule has 2 aromatic heterocycles. The molecule has 6 rings (SSSR count). The molecular formula is C33H29N3O3. The fraction of sp³-hybridized carbons (Fsp3) is 0.182. The van der Waals surface area contributed by atoms with Gasteiger partial charge in [-0.3, -0.25) is 9.78 Å². The normalized spacial score (nSPS) is 13.6. The monoisotopic (exact) mass is 515 g/mol. The Balaban J connectivity index is 1.32. The number of esters is 1. The third-order valence-corrected chi connectivity index (χ3v) is 7.31. The zero-order chi connectivity index (χ0) is 26.8. The standard InChI is InChI=1S/C33H29N3O3/c1-3-38-32(37)33(19-20-33)27-17-15-25(16-18-27)24-11-13-26(14-12-24)31-30(23(2)35-39-31)36(28-8-5-4-6-9-28)29-10-7-21-34-22-29/h4-18,21-22H,3,19-20H2,1-2H3. The number of para-hydroxylation sites is 1. The summed E-state index contributed by atoms with van der Waals surface area (Å²) < 4.78 is 11.2. The van der Waals surface area contributed by atoms with Crippen molar-refractivity contribution in [2.75, 3.05) is 11.5 Å². The smallest absolute Gasteiger partial charge is 0.316 e. The average molecular weight is 516 g/mol. The second-order valence-corrected chi connectivity index (χ2v) is 9.79. The number of rotatable bonds is 8. The quantitative estimate of drug-likeness (QED) is 0.197. The van der Waals surface area contributed by atoms with Crippen molar-refractivity contribution in [2.45, 2.75) is 32.1 Å². The van der Waals surface area contributed by atoms with Crippen LogP contribution in [0.3, 0.4) is 0 Å². The van der Waals surface area contributed by atoms with Crippen LogP contribution in [0.1, 0.15) is 31.0 Å². The molecule has 1 fully saturated rings. The van der Waals surface area contributed by atoms with Crippen molar-refractivity contribution < 1.29 is 14.1 Å². The largest absolute Gasteiger partial charge is 0.465 e. The van der Waals surface area contributed by atoms with E-state index >= 15 is 0 Å². The summed E-state index contributed by atoms with van der Waals surface area (Å²) in [5.41, 5.74) is 7.23. The first-order valence-corrected chi connectivity index (χ1v) is 13.2. The number of benzene rings is 3. The van der Waals surface area contributed by atoms with E-state index in [1.165, 1.54) is 0 Å². The first-order valence-electron chi connectivity index (χ1n) is 13.2. The minimum absolute atomic E-state index is 0.115. The Labute approximate surface area is 227 Å². The molecule has 5 aromatic rings. The number of ether oxygens (including phenoxy) is 1. The van der Waals surface area contributed by atoms with Gasteiger partial charge in [0.2, 0.25) is 0 Å². The van der Waals surface area contributed by atoms with Gasteiger partial charge in [0.15, 0.2) is 5.76 Å². The Kier molecular flexibility index (Phi) is 6.45. The maximum atomic E-state index is 12.5. The number of hydrogen-bond acceptors (Lipinski definition) is 6. The second kappa shape index (κ2) is 10.2. The van der Waals surface area contributed by atoms with Crippen LogP contribution in [0.4, 0.5) is 17.1 Å². The fourth-order valence-corrected chi connectivity index (χ4v) is 5.09. The molecule has 1 saturated carbocycles. The van der Waals surface area contributed by atoms with Gasteiger partial charge in [0, 0.05) is 17.4 Å². The maximum absolute atomic E-state index is 12.5. The van der Waals surface area contributed by atoms with Gasteiger partial charge in [-0.05, 0) is 67.6 Å². The molecule has 39 heavy (non-hydrogen) atoms. The zero-order valence-electron chi connectivity index (χ0n) is 22.0. The third-order valence-electron chi connectivity index (χ3n) is 7.31. The lowest BCUT2D eigenvalue weighted by atomic mass is 9.93. The van der Waals surface area contributed by atoms with Crippen LogP contribution in [0.15, 0.2) is 108 Å². The summed E-state index contributed by atoms with van der Waals surface area (Å²) in [4.78, 5) is 18.9. The van der Waals surface area contributed by atoms with Crippen molar-refractivity contribution in [3.05, 3.63) is 115 Å². The molecule has 0 unspecified atom stereocenters. The highest BCUT2D eigenvalue weighted by Gasteiger charge is 2.52. The van der Waals surface area contributed by atoms with Crippen molar-refractivity contribution in [2.24, 2.45) is 0 Å². The van der Waals surface area contributed by atoms with Gasteiger partial charge in [-0.25, -0.2) is 0 Å². The van der Waals surface area contributed by atoms with Crippen LogP contribution in [0, 0.1) is 6.92 Å². The fourth-order valence-electron chi connectivity index (χ4n) is 5.09. The van der Waals surface area contributed by atoms with Crippen LogP contribution in [0.2, 0.25) is 0 Å². The van der Waals surface area contributed by atoms with E-state index in [9.17, 15) is 4.79 Å². The van der Waals surface area contributed by atoms with E-state index in [0.29, 0.717) is 12.4 Å². The van der Waals surface area contributed by atoms with Crippen molar-refractivity contribution in [1.82, 2.24) is 10.1 Å². The maximum Gasteiger partial charge on any atom is 0.316 e. The molecule has 0 saturated heterocycles. The summed E-state index contributed by atoms with van der Waals surface area (Å²) in [7, 11) is 0. The molecule has 6 nitrogen and oxygen atoms in total. The number of carbonyl (C=O) groups excluding carboxylic acids is 1. The van der Waals surface area contributed by atoms with Crippen molar-refractivity contribution in [3.8, 4) is 22.5 Å². The highest BCUT2D eigenvalue weighted by Crippen LogP contribution is 2.49. The second-order valence-electron chi connectivity index (χ2n) is 9.79. The molecular weight excluding hydrogens is 486 g/mol. The number of anilines is 3. The highest BCUT2D eigenvalue weighted by atomic mass is 16.5. The lowest BCUT2D eigenvalue weighted by Crippen LogP contribution is -2.23. The molecule has 0 aliphatic heterocycles. The van der Waals surface area contributed by atoms with Gasteiger partial charge in [-0.1, -0.05) is 71.9 Å². The molecule has 1 aliphatic rings. The molecule has 6 heteroatoms. The number of aromatic nitrogens is 2. The molecule has 0 atom stereocenters. The van der Waals surface area contributed by atoms with Crippen molar-refractivity contribution in [1.29, 1.82) is 0 Å². The van der Waals surface area contributed by atoms with E-state index in [1.807, 2.05) is 50.4 Å². The number of pyridine rings is 1. The summed E-state index contributed by atoms with van der Waals surface area (Å²) in [6.07, 6.45) is 5.29. The first-order chi connectivity index (χ1) is 19.1. The molecule has 194 valence electrons. The SMILES string of the molecule is CCOC(=O)C1(c2ccc(-c3ccc(-c4onc(C)c4N(c4ccccc4)c4cccnc4)cc3)cc2)CC1. The Morgan fingerprint density at radius 3 is 2.13 bits per heavy atom. The molecule has 0 N–H and O–H groups in total. The molecule has 2 heterocycles. The van der Waals surface area contributed by atoms with Gasteiger partial charge in [0.05, 0.1) is 23.9 Å². The van der Waals surface area contributed by atoms with Crippen molar-refractivity contribution in [3.63, 3.8) is 0 Å². The molecule has 0 bridgehead atoms. The van der Waals surface area contributed by atoms with Gasteiger partial charge in [0.1, 0.15) is 11.4 Å². The number of hydrogen-bond donors (Lipinski definition) is 0. The predicted molar refractivity (Wildman–Crippen MR) is 152 cm³/mol. The lowest BCUT2D eigenvalue weighted by Gasteiger charge is -2.24. The Morgan fingerprint density at radius 2 is 1.51 bits per heavy atom. The molecule has 0 spiro atoms. The van der Waals surface area contributed by atoms with Crippen LogP contribution < -0.4 is 4.90 Å². The minimum atomic E-state index is -0.460. The van der Waals surface area contributed by atoms with Crippen LogP contribution in [-0.4, -0.2) is 22.7 Å². The van der Waals surface area contributed by atoms with Crippen LogP contribution in [-0.2, 0) is 14.9 Å². The van der Waals surface area contributed by atoms with Gasteiger partial charge in [-0.15, -0.1) is 0 Å². The predicted octanol–water partition coefficient (Wildman–Crippen LogP) is 7.78. The lowest BCUT2D eigenvalue weighted by molar-refractivity contribution is -0.146. The Morgan fingerprint density at radius 1 is 0.872 bits per heavy atom. The Bertz CT molecular complexity index is 1530. The topological polar surface area (TPSA) is 68.5 Å². The van der Waals surface area contributed by atoms with E-state index < -0.39 is 5.41 Å². The summed E-state index contributed by atoms with van der Waals surface area (Å²) in [6, 6.07) is 30.6. The summed E-state index contributed by atoms with van der Waals surface area (Å²) in [5.74, 6) is 0.573. The number of aryl methyl sites for hydroxylation is 1. The van der Waals surface area contributed by atoms with Gasteiger partial charge >= 0.3 is 5.97 Å². The minimum Gasteiger partial charge on any atom is -0.465 e. The van der Waals surface area contributed by atoms with Gasteiger partial charge in [0.25, 0.3) is 0 Å². The van der Waals surface area contributed by atoms with E-state index in [0.717, 1.165) is 57.9 Å². The molecule has 0 radical (unpaired) electrons. The van der Waals surface area contributed by atoms with Crippen molar-refractivity contribution >= 4 is 23.0 Å². The summed E-state index contributed by atoms with van der Waals surface area (Å²) in [6.45, 7) is 4.21. The molecule has 3 aromatic carbocycles. The van der Waals surface area contributed by atoms with E-state index in [4.69, 9.17) is 9.26 Å². The highest BCUT2D eigenvalue weighted by molar-refractivity contribution is 5.88. The first kappa shape index (κ1) is 24.6. The van der Waals surface area contributed by atoms with Gasteiger partial charge in [-0.2, -0.15) is 0 Å². The number of nitrogens with zero attached hydrogens (tertiary/aromatic N) is 3. The summed E-state index contributed by atoms with van der Waals surface area (Å²) in [5, 5.41) is 4.34. The number of carbonyl (C=O) groups is 1.